The van der Waals surface area contributed by atoms with Gasteiger partial charge in [0.1, 0.15) is 28.9 Å². The third-order valence-corrected chi connectivity index (χ3v) is 10.7. The van der Waals surface area contributed by atoms with E-state index in [1.807, 2.05) is 20.8 Å². The molecule has 3 unspecified atom stereocenters. The molecule has 4 fully saturated rings. The third kappa shape index (κ3) is 27.8. The average Bonchev–Trinajstić information content (AvgIpc) is 3.81. The average molecular weight is 929 g/mol. The standard InChI is InChI=1S/C14H26N2O4.C14H28N2O3.C14H25NO5.C4H8O.B/c1-14(2,3)20-13(18)16(4)11(12(15)17)8-10-6-5-7-19-9-10;1-14(2,3)19-13(17)16(4)12(9-15)8-11-6-5-7-18-10-11;1-14(2,3)20-13(18)15(4)11(12(16)17)8-10-6-5-7-19-9-10;1-2-4-5-3-1;/h10-11H,5-9H2,1-4H3,(H2,15,17);11-12H,5-10,15H2,1-4H3;10-11H,5-9H2,1-4H3,(H,16,17);1-4H2;/t10?,11-;11?,12-;10?,11-;;/m000../s1. The molecular formula is C46H87BN5O13. The molecule has 0 bridgehead atoms. The molecule has 4 rings (SSSR count). The number of rotatable bonds is 12. The molecule has 0 saturated carbocycles. The Balaban J connectivity index is 0.000000887. The lowest BCUT2D eigenvalue weighted by molar-refractivity contribution is -0.143. The second-order valence-corrected chi connectivity index (χ2v) is 20.2. The van der Waals surface area contributed by atoms with Gasteiger partial charge in [-0.2, -0.15) is 0 Å². The van der Waals surface area contributed by atoms with E-state index in [1.54, 1.807) is 60.5 Å². The molecule has 4 saturated heterocycles. The quantitative estimate of drug-likeness (QED) is 0.149. The van der Waals surface area contributed by atoms with Crippen molar-refractivity contribution >= 4 is 38.6 Å². The van der Waals surface area contributed by atoms with Crippen molar-refractivity contribution in [1.82, 2.24) is 14.7 Å². The Morgan fingerprint density at radius 3 is 1.15 bits per heavy atom. The summed E-state index contributed by atoms with van der Waals surface area (Å²) in [6.07, 6.45) is 9.00. The smallest absolute Gasteiger partial charge is 0.410 e. The SMILES string of the molecule is C1CCOC1.CN(C(=O)OC(C)(C)C)[C@@H](CC1CCCOC1)C(=O)O.CN(C(=O)OC(C)(C)C)[C@@H](CC1CCCOC1)C(N)=O.CN(C(=O)OC(C)(C)C)[C@H](CN)CC1CCCOC1.[B]. The van der Waals surface area contributed by atoms with E-state index in [4.69, 9.17) is 44.6 Å². The Labute approximate surface area is 392 Å². The van der Waals surface area contributed by atoms with Gasteiger partial charge in [0.25, 0.3) is 0 Å². The molecule has 4 aliphatic rings. The molecule has 0 aromatic heterocycles. The number of nitrogens with zero attached hydrogens (tertiary/aromatic N) is 3. The lowest BCUT2D eigenvalue weighted by Gasteiger charge is -2.33. The highest BCUT2D eigenvalue weighted by Crippen LogP contribution is 2.25. The maximum absolute atomic E-state index is 12.0. The Kier molecular flexibility index (Phi) is 29.2. The van der Waals surface area contributed by atoms with Crippen molar-refractivity contribution in [3.05, 3.63) is 0 Å². The highest BCUT2D eigenvalue weighted by atomic mass is 16.6. The molecule has 0 aromatic rings. The van der Waals surface area contributed by atoms with Crippen molar-refractivity contribution in [3.63, 3.8) is 0 Å². The van der Waals surface area contributed by atoms with Crippen LogP contribution in [0.3, 0.4) is 0 Å². The highest BCUT2D eigenvalue weighted by Gasteiger charge is 2.34. The third-order valence-electron chi connectivity index (χ3n) is 10.7. The number of carbonyl (C=O) groups excluding carboxylic acids is 4. The summed E-state index contributed by atoms with van der Waals surface area (Å²) in [6.45, 7) is 23.0. The van der Waals surface area contributed by atoms with Crippen LogP contribution >= 0.6 is 0 Å². The van der Waals surface area contributed by atoms with Crippen LogP contribution in [0.25, 0.3) is 0 Å². The number of hydrogen-bond acceptors (Lipinski definition) is 13. The Hall–Kier alpha value is -3.39. The van der Waals surface area contributed by atoms with E-state index in [0.717, 1.165) is 84.6 Å². The van der Waals surface area contributed by atoms with Gasteiger partial charge in [-0.1, -0.05) is 0 Å². The minimum atomic E-state index is -1.01. The fraction of sp³-hybridized carbons (Fsp3) is 0.891. The highest BCUT2D eigenvalue weighted by molar-refractivity contribution is 5.84. The van der Waals surface area contributed by atoms with E-state index >= 15 is 0 Å². The first kappa shape index (κ1) is 61.6. The molecule has 6 atom stereocenters. The lowest BCUT2D eigenvalue weighted by atomic mass is 9.93. The lowest BCUT2D eigenvalue weighted by Crippen LogP contribution is -2.48. The van der Waals surface area contributed by atoms with Crippen molar-refractivity contribution < 1.29 is 62.2 Å². The summed E-state index contributed by atoms with van der Waals surface area (Å²) < 4.78 is 37.0. The van der Waals surface area contributed by atoms with Crippen LogP contribution in [-0.4, -0.2) is 174 Å². The van der Waals surface area contributed by atoms with E-state index in [2.05, 4.69) is 0 Å². The van der Waals surface area contributed by atoms with Crippen LogP contribution < -0.4 is 11.5 Å². The van der Waals surface area contributed by atoms with Gasteiger partial charge in [0.05, 0.1) is 0 Å². The molecule has 0 aromatic carbocycles. The van der Waals surface area contributed by atoms with Gasteiger partial charge in [0.2, 0.25) is 5.91 Å². The van der Waals surface area contributed by atoms with Crippen LogP contribution in [0.5, 0.6) is 0 Å². The van der Waals surface area contributed by atoms with Gasteiger partial charge >= 0.3 is 24.2 Å². The topological polar surface area (TPSA) is 232 Å². The van der Waals surface area contributed by atoms with Gasteiger partial charge in [-0.25, -0.2) is 19.2 Å². The van der Waals surface area contributed by atoms with Gasteiger partial charge < -0.3 is 54.6 Å². The van der Waals surface area contributed by atoms with E-state index in [0.29, 0.717) is 38.5 Å². The molecule has 0 spiro atoms. The number of carboxylic acids is 1. The molecule has 19 heteroatoms. The monoisotopic (exact) mass is 929 g/mol. The summed E-state index contributed by atoms with van der Waals surface area (Å²) in [5, 5.41) is 9.33. The van der Waals surface area contributed by atoms with Crippen LogP contribution in [0.4, 0.5) is 14.4 Å². The Morgan fingerprint density at radius 2 is 0.877 bits per heavy atom. The van der Waals surface area contributed by atoms with Crippen LogP contribution in [0.15, 0.2) is 0 Å². The van der Waals surface area contributed by atoms with Gasteiger partial charge in [0, 0.05) is 95.0 Å². The number of carbonyl (C=O) groups is 5. The molecule has 5 N–H and O–H groups in total. The van der Waals surface area contributed by atoms with Crippen molar-refractivity contribution in [1.29, 1.82) is 0 Å². The fourth-order valence-electron chi connectivity index (χ4n) is 7.21. The van der Waals surface area contributed by atoms with Crippen LogP contribution in [0.1, 0.15) is 133 Å². The zero-order valence-electron chi connectivity index (χ0n) is 42.0. The maximum atomic E-state index is 12.0. The predicted molar refractivity (Wildman–Crippen MR) is 250 cm³/mol. The molecule has 4 amide bonds. The van der Waals surface area contributed by atoms with Crippen LogP contribution in [0, 0.1) is 17.8 Å². The number of ether oxygens (including phenoxy) is 7. The van der Waals surface area contributed by atoms with E-state index < -0.39 is 52.9 Å². The van der Waals surface area contributed by atoms with Crippen LogP contribution in [-0.2, 0) is 42.7 Å². The molecule has 3 radical (unpaired) electrons. The van der Waals surface area contributed by atoms with E-state index in [-0.39, 0.29) is 32.4 Å². The Bertz CT molecular complexity index is 1290. The fourth-order valence-corrected chi connectivity index (χ4v) is 7.21. The molecule has 18 nitrogen and oxygen atoms in total. The molecule has 4 heterocycles. The first-order valence-electron chi connectivity index (χ1n) is 23.1. The van der Waals surface area contributed by atoms with Gasteiger partial charge in [0.15, 0.2) is 0 Å². The molecule has 377 valence electrons. The number of hydrogen-bond donors (Lipinski definition) is 3. The van der Waals surface area contributed by atoms with Crippen LogP contribution in [0.2, 0.25) is 0 Å². The summed E-state index contributed by atoms with van der Waals surface area (Å²) in [6, 6.07) is -1.52. The van der Waals surface area contributed by atoms with Gasteiger partial charge in [-0.3, -0.25) is 14.6 Å². The van der Waals surface area contributed by atoms with Gasteiger partial charge in [-0.15, -0.1) is 0 Å². The number of amides is 4. The maximum Gasteiger partial charge on any atom is 0.410 e. The second-order valence-electron chi connectivity index (χ2n) is 20.2. The van der Waals surface area contributed by atoms with E-state index in [9.17, 15) is 29.1 Å². The molecule has 0 aliphatic carbocycles. The summed E-state index contributed by atoms with van der Waals surface area (Å²) in [5.74, 6) is -0.596. The zero-order valence-corrected chi connectivity index (χ0v) is 42.0. The molecule has 4 aliphatic heterocycles. The van der Waals surface area contributed by atoms with Crippen molar-refractivity contribution in [2.45, 2.75) is 168 Å². The number of primary amides is 1. The number of nitrogens with two attached hydrogens (primary N) is 2. The summed E-state index contributed by atoms with van der Waals surface area (Å²) in [4.78, 5) is 63.1. The normalized spacial score (nSPS) is 21.2. The first-order chi connectivity index (χ1) is 29.7. The number of carboxylic acid groups (broad SMARTS) is 1. The van der Waals surface area contributed by atoms with Gasteiger partial charge in [-0.05, 0) is 151 Å². The van der Waals surface area contributed by atoms with Crippen molar-refractivity contribution in [2.75, 3.05) is 80.5 Å². The largest absolute Gasteiger partial charge is 0.480 e. The number of likely N-dealkylation sites (N-methyl/N-ethyl adjacent to an activating group) is 3. The van der Waals surface area contributed by atoms with Crippen molar-refractivity contribution in [2.24, 2.45) is 29.2 Å². The summed E-state index contributed by atoms with van der Waals surface area (Å²) >= 11 is 0. The summed E-state index contributed by atoms with van der Waals surface area (Å²) in [7, 11) is 4.78. The van der Waals surface area contributed by atoms with Crippen molar-refractivity contribution in [3.8, 4) is 0 Å². The Morgan fingerprint density at radius 1 is 0.554 bits per heavy atom. The first-order valence-corrected chi connectivity index (χ1v) is 23.1. The number of aliphatic carboxylic acids is 1. The summed E-state index contributed by atoms with van der Waals surface area (Å²) in [5.41, 5.74) is 9.52. The van der Waals surface area contributed by atoms with E-state index in [1.165, 1.54) is 29.7 Å². The minimum Gasteiger partial charge on any atom is -0.480 e. The molecule has 65 heavy (non-hydrogen) atoms. The minimum absolute atomic E-state index is 0. The molecular weight excluding hydrogens is 841 g/mol. The predicted octanol–water partition coefficient (Wildman–Crippen LogP) is 6.06. The zero-order chi connectivity index (χ0) is 48.7. The second kappa shape index (κ2) is 30.8.